The smallest absolute Gasteiger partial charge is 0.229 e. The number of hydrogen-bond acceptors (Lipinski definition) is 4. The third kappa shape index (κ3) is 2.25. The molecule has 1 aromatic carbocycles. The first-order chi connectivity index (χ1) is 9.08. The van der Waals surface area contributed by atoms with Crippen molar-refractivity contribution in [1.29, 1.82) is 0 Å². The minimum absolute atomic E-state index is 0.173. The van der Waals surface area contributed by atoms with Crippen LogP contribution >= 0.6 is 24.0 Å². The minimum atomic E-state index is 0.173. The third-order valence-corrected chi connectivity index (χ3v) is 5.24. The average Bonchev–Trinajstić information content (AvgIpc) is 2.93. The van der Waals surface area contributed by atoms with Crippen LogP contribution < -0.4 is 4.90 Å². The maximum Gasteiger partial charge on any atom is 0.229 e. The molecule has 5 heteroatoms. The number of anilines is 1. The average molecular weight is 292 g/mol. The fourth-order valence-corrected chi connectivity index (χ4v) is 3.69. The molecule has 1 aromatic heterocycles. The van der Waals surface area contributed by atoms with Gasteiger partial charge in [0.2, 0.25) is 5.91 Å². The minimum Gasteiger partial charge on any atom is -0.288 e. The van der Waals surface area contributed by atoms with Crippen molar-refractivity contribution >= 4 is 45.2 Å². The molecule has 1 saturated heterocycles. The lowest BCUT2D eigenvalue weighted by Crippen LogP contribution is -2.24. The number of aromatic nitrogens is 1. The summed E-state index contributed by atoms with van der Waals surface area (Å²) in [4.78, 5) is 18.4. The Labute approximate surface area is 122 Å². The molecule has 0 bridgehead atoms. The lowest BCUT2D eigenvalue weighted by Gasteiger charge is -2.11. The van der Waals surface area contributed by atoms with Gasteiger partial charge in [-0.1, -0.05) is 11.3 Å². The number of benzene rings is 1. The molecule has 1 amide bonds. The molecule has 0 saturated carbocycles. The second-order valence-corrected chi connectivity index (χ2v) is 6.53. The maximum atomic E-state index is 12.0. The normalized spacial score (nSPS) is 19.6. The van der Waals surface area contributed by atoms with Crippen LogP contribution in [0.3, 0.4) is 0 Å². The molecule has 3 nitrogen and oxygen atoms in total. The van der Waals surface area contributed by atoms with E-state index in [-0.39, 0.29) is 5.91 Å². The van der Waals surface area contributed by atoms with Crippen LogP contribution in [0, 0.1) is 19.8 Å². The Bertz CT molecular complexity index is 611. The highest BCUT2D eigenvalue weighted by Crippen LogP contribution is 2.34. The van der Waals surface area contributed by atoms with Crippen molar-refractivity contribution in [3.05, 3.63) is 23.3 Å². The Balaban J connectivity index is 2.00. The molecule has 2 heterocycles. The Morgan fingerprint density at radius 1 is 1.42 bits per heavy atom. The van der Waals surface area contributed by atoms with Gasteiger partial charge in [-0.15, -0.1) is 0 Å². The van der Waals surface area contributed by atoms with Crippen LogP contribution in [-0.2, 0) is 4.79 Å². The zero-order valence-electron chi connectivity index (χ0n) is 11.0. The predicted molar refractivity (Wildman–Crippen MR) is 83.4 cm³/mol. The molecule has 100 valence electrons. The van der Waals surface area contributed by atoms with Crippen LogP contribution in [0.5, 0.6) is 0 Å². The zero-order chi connectivity index (χ0) is 13.6. The van der Waals surface area contributed by atoms with Gasteiger partial charge in [0, 0.05) is 13.0 Å². The number of fused-ring (bicyclic) bond motifs is 1. The van der Waals surface area contributed by atoms with E-state index in [1.54, 1.807) is 11.3 Å². The molecule has 0 aliphatic carbocycles. The molecule has 1 unspecified atom stereocenters. The highest BCUT2D eigenvalue weighted by Gasteiger charge is 2.31. The summed E-state index contributed by atoms with van der Waals surface area (Å²) in [7, 11) is 0. The lowest BCUT2D eigenvalue weighted by molar-refractivity contribution is -0.117. The first-order valence-corrected chi connectivity index (χ1v) is 7.82. The van der Waals surface area contributed by atoms with Crippen molar-refractivity contribution < 1.29 is 4.79 Å². The summed E-state index contributed by atoms with van der Waals surface area (Å²) in [6.45, 7) is 4.94. The Morgan fingerprint density at radius 3 is 2.84 bits per heavy atom. The zero-order valence-corrected chi connectivity index (χ0v) is 12.7. The van der Waals surface area contributed by atoms with E-state index in [1.807, 2.05) is 4.90 Å². The molecular formula is C14H16N2OS2. The van der Waals surface area contributed by atoms with Crippen molar-refractivity contribution in [3.8, 4) is 0 Å². The van der Waals surface area contributed by atoms with E-state index in [1.165, 1.54) is 11.1 Å². The fourth-order valence-electron chi connectivity index (χ4n) is 2.37. The van der Waals surface area contributed by atoms with Crippen LogP contribution in [0.15, 0.2) is 12.1 Å². The summed E-state index contributed by atoms with van der Waals surface area (Å²) in [5, 5.41) is 0.828. The monoisotopic (exact) mass is 292 g/mol. The van der Waals surface area contributed by atoms with Gasteiger partial charge in [-0.3, -0.25) is 9.69 Å². The summed E-state index contributed by atoms with van der Waals surface area (Å²) in [5.74, 6) is 1.28. The number of carbonyl (C=O) groups excluding carboxylic acids is 1. The van der Waals surface area contributed by atoms with E-state index in [0.29, 0.717) is 12.3 Å². The summed E-state index contributed by atoms with van der Waals surface area (Å²) in [5.41, 5.74) is 3.50. The summed E-state index contributed by atoms with van der Waals surface area (Å²) in [6.07, 6.45) is 0.595. The number of thiol groups is 1. The van der Waals surface area contributed by atoms with Crippen LogP contribution in [0.2, 0.25) is 0 Å². The fraction of sp³-hybridized carbons (Fsp3) is 0.429. The van der Waals surface area contributed by atoms with Gasteiger partial charge >= 0.3 is 0 Å². The standard InChI is InChI=1S/C14H16N2OS2/c1-8-3-11-12(4-9(8)2)19-14(15-11)16-6-10(7-18)5-13(16)17/h3-4,10,18H,5-7H2,1-2H3. The molecule has 1 aliphatic heterocycles. The Kier molecular flexibility index (Phi) is 3.27. The van der Waals surface area contributed by atoms with Gasteiger partial charge in [-0.05, 0) is 48.8 Å². The summed E-state index contributed by atoms with van der Waals surface area (Å²) in [6, 6.07) is 4.25. The van der Waals surface area contributed by atoms with Gasteiger partial charge in [0.25, 0.3) is 0 Å². The van der Waals surface area contributed by atoms with E-state index in [9.17, 15) is 4.79 Å². The number of carbonyl (C=O) groups is 1. The lowest BCUT2D eigenvalue weighted by atomic mass is 10.1. The quantitative estimate of drug-likeness (QED) is 0.862. The van der Waals surface area contributed by atoms with Crippen molar-refractivity contribution in [1.82, 2.24) is 4.98 Å². The molecular weight excluding hydrogens is 276 g/mol. The first-order valence-electron chi connectivity index (χ1n) is 6.37. The second kappa shape index (κ2) is 4.80. The summed E-state index contributed by atoms with van der Waals surface area (Å²) >= 11 is 5.89. The number of nitrogens with zero attached hydrogens (tertiary/aromatic N) is 2. The van der Waals surface area contributed by atoms with E-state index >= 15 is 0 Å². The molecule has 19 heavy (non-hydrogen) atoms. The number of aryl methyl sites for hydroxylation is 2. The van der Waals surface area contributed by atoms with Crippen molar-refractivity contribution in [2.75, 3.05) is 17.2 Å². The number of hydrogen-bond donors (Lipinski definition) is 1. The molecule has 0 radical (unpaired) electrons. The number of rotatable bonds is 2. The van der Waals surface area contributed by atoms with Crippen molar-refractivity contribution in [2.24, 2.45) is 5.92 Å². The van der Waals surface area contributed by atoms with E-state index in [0.717, 1.165) is 27.6 Å². The van der Waals surface area contributed by atoms with Crippen LogP contribution in [0.25, 0.3) is 10.2 Å². The molecule has 2 aromatic rings. The van der Waals surface area contributed by atoms with E-state index in [2.05, 4.69) is 43.6 Å². The largest absolute Gasteiger partial charge is 0.288 e. The van der Waals surface area contributed by atoms with Crippen molar-refractivity contribution in [3.63, 3.8) is 0 Å². The van der Waals surface area contributed by atoms with Gasteiger partial charge in [0.05, 0.1) is 10.2 Å². The van der Waals surface area contributed by atoms with Crippen molar-refractivity contribution in [2.45, 2.75) is 20.3 Å². The first kappa shape index (κ1) is 12.9. The summed E-state index contributed by atoms with van der Waals surface area (Å²) < 4.78 is 1.15. The maximum absolute atomic E-state index is 12.0. The molecule has 1 fully saturated rings. The Morgan fingerprint density at radius 2 is 2.16 bits per heavy atom. The topological polar surface area (TPSA) is 33.2 Å². The third-order valence-electron chi connectivity index (χ3n) is 3.69. The van der Waals surface area contributed by atoms with Crippen LogP contribution in [-0.4, -0.2) is 23.2 Å². The van der Waals surface area contributed by atoms with Gasteiger partial charge in [-0.2, -0.15) is 12.6 Å². The molecule has 0 N–H and O–H groups in total. The number of thiazole rings is 1. The van der Waals surface area contributed by atoms with Crippen LogP contribution in [0.4, 0.5) is 5.13 Å². The highest BCUT2D eigenvalue weighted by molar-refractivity contribution is 7.80. The molecule has 3 rings (SSSR count). The van der Waals surface area contributed by atoms with Crippen LogP contribution in [0.1, 0.15) is 17.5 Å². The van der Waals surface area contributed by atoms with E-state index < -0.39 is 0 Å². The molecule has 0 spiro atoms. The van der Waals surface area contributed by atoms with Gasteiger partial charge in [0.15, 0.2) is 5.13 Å². The molecule has 1 atom stereocenters. The van der Waals surface area contributed by atoms with Gasteiger partial charge in [-0.25, -0.2) is 4.98 Å². The predicted octanol–water partition coefficient (Wildman–Crippen LogP) is 3.20. The SMILES string of the molecule is Cc1cc2nc(N3CC(CS)CC3=O)sc2cc1C. The van der Waals surface area contributed by atoms with Gasteiger partial charge in [0.1, 0.15) is 0 Å². The van der Waals surface area contributed by atoms with E-state index in [4.69, 9.17) is 0 Å². The molecule has 1 aliphatic rings. The Hall–Kier alpha value is -1.07. The van der Waals surface area contributed by atoms with Gasteiger partial charge < -0.3 is 0 Å². The number of amides is 1. The highest BCUT2D eigenvalue weighted by atomic mass is 32.1. The second-order valence-electron chi connectivity index (χ2n) is 5.16.